The third kappa shape index (κ3) is 11.7. The van der Waals surface area contributed by atoms with Gasteiger partial charge >= 0.3 is 0 Å². The topological polar surface area (TPSA) is 59.6 Å². The van der Waals surface area contributed by atoms with Crippen LogP contribution in [0.3, 0.4) is 0 Å². The Kier molecular flexibility index (Phi) is 11.7. The molecule has 0 aliphatic rings. The van der Waals surface area contributed by atoms with Crippen molar-refractivity contribution in [1.82, 2.24) is 10.5 Å². The monoisotopic (exact) mass is 232 g/mol. The van der Waals surface area contributed by atoms with Crippen LogP contribution in [0.4, 0.5) is 0 Å². The van der Waals surface area contributed by atoms with E-state index < -0.39 is 0 Å². The summed E-state index contributed by atoms with van der Waals surface area (Å²) < 4.78 is 10.3. The van der Waals surface area contributed by atoms with Crippen molar-refractivity contribution in [3.05, 3.63) is 0 Å². The zero-order chi connectivity index (χ0) is 11.4. The van der Waals surface area contributed by atoms with Crippen molar-refractivity contribution in [2.24, 2.45) is 0 Å². The number of ether oxygens (including phenoxy) is 2. The van der Waals surface area contributed by atoms with Gasteiger partial charge in [0.2, 0.25) is 5.91 Å². The summed E-state index contributed by atoms with van der Waals surface area (Å²) in [6, 6.07) is 0. The van der Waals surface area contributed by atoms with Gasteiger partial charge in [-0.2, -0.15) is 12.6 Å². The average molecular weight is 232 g/mol. The van der Waals surface area contributed by atoms with E-state index in [-0.39, 0.29) is 11.7 Å². The molecule has 15 heavy (non-hydrogen) atoms. The van der Waals surface area contributed by atoms with E-state index in [2.05, 4.69) is 23.2 Å². The minimum Gasteiger partial charge on any atom is -0.378 e. The Morgan fingerprint density at radius 1 is 1.13 bits per heavy atom. The summed E-state index contributed by atoms with van der Waals surface area (Å²) in [6.07, 6.45) is 0. The number of carbonyl (C=O) groups is 1. The molecule has 0 aromatic heterocycles. The second kappa shape index (κ2) is 11.8. The molecule has 86 valence electrons. The summed E-state index contributed by atoms with van der Waals surface area (Å²) >= 11 is 3.82. The van der Waals surface area contributed by atoms with Crippen LogP contribution in [0.5, 0.6) is 0 Å². The van der Waals surface area contributed by atoms with Crippen molar-refractivity contribution >= 4 is 26.5 Å². The highest BCUT2D eigenvalue weighted by Gasteiger charge is 1.95. The fourth-order valence-electron chi connectivity index (χ4n) is 0.772. The van der Waals surface area contributed by atoms with Crippen molar-refractivity contribution in [3.63, 3.8) is 0 Å². The molecule has 0 saturated carbocycles. The third-order valence-corrected chi connectivity index (χ3v) is 1.76. The van der Waals surface area contributed by atoms with E-state index in [0.717, 1.165) is 0 Å². The number of nitrogens with one attached hydrogen (secondary N) is 2. The zero-order valence-electron chi connectivity index (χ0n) is 8.70. The molecule has 0 aromatic rings. The molecule has 0 spiro atoms. The van der Waals surface area contributed by atoms with E-state index in [0.29, 0.717) is 39.5 Å². The van der Waals surface area contributed by atoms with Gasteiger partial charge in [-0.3, -0.25) is 4.79 Å². The minimum absolute atomic E-state index is 0.0906. The number of hydrogen-bond donors (Lipinski definition) is 3. The van der Waals surface area contributed by atoms with Crippen LogP contribution in [-0.4, -0.2) is 59.2 Å². The predicted molar refractivity (Wildman–Crippen MR) is 62.3 cm³/mol. The first kappa shape index (κ1) is 14.8. The van der Waals surface area contributed by atoms with E-state index in [1.54, 1.807) is 0 Å². The van der Waals surface area contributed by atoms with Crippen molar-refractivity contribution in [1.29, 1.82) is 0 Å². The summed E-state index contributed by atoms with van der Waals surface area (Å²) in [6.45, 7) is 3.22. The van der Waals surface area contributed by atoms with E-state index in [9.17, 15) is 4.79 Å². The second-order valence-electron chi connectivity index (χ2n) is 2.69. The smallest absolute Gasteiger partial charge is 0.229 e. The van der Waals surface area contributed by atoms with E-state index >= 15 is 0 Å². The van der Waals surface area contributed by atoms with Crippen LogP contribution in [0.2, 0.25) is 0 Å². The quantitative estimate of drug-likeness (QED) is 0.250. The molecule has 5 nitrogen and oxygen atoms in total. The summed E-state index contributed by atoms with van der Waals surface area (Å²) in [5.41, 5.74) is 0. The Labute approximate surface area is 97.1 Å². The lowest BCUT2D eigenvalue weighted by Crippen LogP contribution is -2.28. The second-order valence-corrected chi connectivity index (χ2v) is 3.00. The molecule has 0 unspecified atom stereocenters. The SMILES string of the molecule is [B]NCCOCCOCCNC(=O)CS. The minimum atomic E-state index is -0.0906. The number of amides is 1. The molecule has 0 aliphatic heterocycles. The molecule has 0 bridgehead atoms. The van der Waals surface area contributed by atoms with E-state index in [4.69, 9.17) is 17.5 Å². The first-order valence-corrected chi connectivity index (χ1v) is 5.41. The van der Waals surface area contributed by atoms with Gasteiger partial charge in [0.25, 0.3) is 0 Å². The molecule has 0 aromatic carbocycles. The van der Waals surface area contributed by atoms with Gasteiger partial charge in [0.15, 0.2) is 7.98 Å². The Balaban J connectivity index is 2.95. The molecule has 2 radical (unpaired) electrons. The lowest BCUT2D eigenvalue weighted by molar-refractivity contribution is -0.118. The molecule has 0 fully saturated rings. The Morgan fingerprint density at radius 3 is 2.27 bits per heavy atom. The largest absolute Gasteiger partial charge is 0.378 e. The van der Waals surface area contributed by atoms with Crippen molar-refractivity contribution in [2.45, 2.75) is 0 Å². The number of thiol groups is 1. The summed E-state index contributed by atoms with van der Waals surface area (Å²) in [7, 11) is 5.04. The van der Waals surface area contributed by atoms with Crippen LogP contribution in [0, 0.1) is 0 Å². The van der Waals surface area contributed by atoms with Gasteiger partial charge in [-0.05, 0) is 0 Å². The third-order valence-electron chi connectivity index (χ3n) is 1.47. The maximum absolute atomic E-state index is 10.7. The lowest BCUT2D eigenvalue weighted by atomic mass is 10.4. The normalized spacial score (nSPS) is 10.2. The summed E-state index contributed by atoms with van der Waals surface area (Å²) in [5.74, 6) is 0.113. The molecule has 0 heterocycles. The van der Waals surface area contributed by atoms with E-state index in [1.807, 2.05) is 0 Å². The summed E-state index contributed by atoms with van der Waals surface area (Å²) in [4.78, 5) is 10.7. The fraction of sp³-hybridized carbons (Fsp3) is 0.875. The van der Waals surface area contributed by atoms with Gasteiger partial charge in [0, 0.05) is 13.1 Å². The van der Waals surface area contributed by atoms with Crippen LogP contribution < -0.4 is 10.5 Å². The highest BCUT2D eigenvalue weighted by Crippen LogP contribution is 1.78. The standard InChI is InChI=1S/C8H17BN2O3S/c9-11-2-4-14-6-5-13-3-1-10-8(12)7-15/h11,15H,1-7H2,(H,10,12). The molecule has 0 atom stereocenters. The average Bonchev–Trinajstić information content (AvgIpc) is 2.26. The molecule has 2 N–H and O–H groups in total. The molecule has 0 aliphatic carbocycles. The Bertz CT molecular complexity index is 163. The lowest BCUT2D eigenvalue weighted by Gasteiger charge is -2.06. The van der Waals surface area contributed by atoms with E-state index in [1.165, 1.54) is 0 Å². The maximum Gasteiger partial charge on any atom is 0.229 e. The van der Waals surface area contributed by atoms with Gasteiger partial charge in [0.05, 0.1) is 32.2 Å². The van der Waals surface area contributed by atoms with Crippen LogP contribution in [0.25, 0.3) is 0 Å². The number of carbonyl (C=O) groups excluding carboxylic acids is 1. The predicted octanol–water partition coefficient (Wildman–Crippen LogP) is -1.26. The zero-order valence-corrected chi connectivity index (χ0v) is 9.59. The van der Waals surface area contributed by atoms with Crippen molar-refractivity contribution in [3.8, 4) is 0 Å². The molecule has 1 amide bonds. The van der Waals surface area contributed by atoms with Gasteiger partial charge in [-0.15, -0.1) is 0 Å². The highest BCUT2D eigenvalue weighted by atomic mass is 32.1. The van der Waals surface area contributed by atoms with Gasteiger partial charge in [-0.25, -0.2) is 0 Å². The molecule has 0 rings (SSSR count). The Morgan fingerprint density at radius 2 is 1.73 bits per heavy atom. The van der Waals surface area contributed by atoms with Crippen molar-refractivity contribution < 1.29 is 14.3 Å². The molecular weight excluding hydrogens is 215 g/mol. The summed E-state index contributed by atoms with van der Waals surface area (Å²) in [5, 5.41) is 5.11. The first-order chi connectivity index (χ1) is 7.31. The fourth-order valence-corrected chi connectivity index (χ4v) is 0.883. The number of hydrogen-bond acceptors (Lipinski definition) is 5. The van der Waals surface area contributed by atoms with Crippen LogP contribution in [-0.2, 0) is 14.3 Å². The van der Waals surface area contributed by atoms with Crippen molar-refractivity contribution in [2.75, 3.05) is 45.3 Å². The van der Waals surface area contributed by atoms with Crippen LogP contribution in [0.15, 0.2) is 0 Å². The number of rotatable bonds is 10. The Hall–Kier alpha value is -0.235. The van der Waals surface area contributed by atoms with Crippen LogP contribution >= 0.6 is 12.6 Å². The van der Waals surface area contributed by atoms with Gasteiger partial charge < -0.3 is 20.0 Å². The molecule has 7 heteroatoms. The highest BCUT2D eigenvalue weighted by molar-refractivity contribution is 7.81. The van der Waals surface area contributed by atoms with Gasteiger partial charge in [-0.1, -0.05) is 0 Å². The molecule has 0 saturated heterocycles. The maximum atomic E-state index is 10.7. The van der Waals surface area contributed by atoms with Crippen LogP contribution in [0.1, 0.15) is 0 Å². The molecular formula is C8H17BN2O3S. The first-order valence-electron chi connectivity index (χ1n) is 4.77. The van der Waals surface area contributed by atoms with Gasteiger partial charge in [0.1, 0.15) is 0 Å².